The highest BCUT2D eigenvalue weighted by Crippen LogP contribution is 2.43. The molecule has 1 aliphatic rings. The van der Waals surface area contributed by atoms with E-state index in [9.17, 15) is 9.59 Å². The SMILES string of the molecule is CCC1(CNC(=O)CCc2ccccc2C(=O)O)CCC1. The first kappa shape index (κ1) is 15.5. The van der Waals surface area contributed by atoms with Gasteiger partial charge in [0.1, 0.15) is 0 Å². The molecule has 0 saturated heterocycles. The minimum Gasteiger partial charge on any atom is -0.478 e. The van der Waals surface area contributed by atoms with Gasteiger partial charge < -0.3 is 10.4 Å². The Bertz CT molecular complexity index is 515. The van der Waals surface area contributed by atoms with Crippen molar-refractivity contribution in [1.82, 2.24) is 5.32 Å². The number of amides is 1. The van der Waals surface area contributed by atoms with E-state index in [4.69, 9.17) is 5.11 Å². The molecule has 1 aromatic carbocycles. The van der Waals surface area contributed by atoms with Crippen molar-refractivity contribution < 1.29 is 14.7 Å². The number of carbonyl (C=O) groups excluding carboxylic acids is 1. The highest BCUT2D eigenvalue weighted by Gasteiger charge is 2.35. The molecule has 1 saturated carbocycles. The molecule has 1 aromatic rings. The first-order chi connectivity index (χ1) is 10.1. The minimum atomic E-state index is -0.939. The number of hydrogen-bond donors (Lipinski definition) is 2. The summed E-state index contributed by atoms with van der Waals surface area (Å²) in [4.78, 5) is 23.0. The van der Waals surface area contributed by atoms with Crippen LogP contribution in [-0.4, -0.2) is 23.5 Å². The van der Waals surface area contributed by atoms with E-state index in [0.717, 1.165) is 13.0 Å². The molecule has 0 aromatic heterocycles. The minimum absolute atomic E-state index is 0.00918. The van der Waals surface area contributed by atoms with Gasteiger partial charge in [-0.15, -0.1) is 0 Å². The van der Waals surface area contributed by atoms with Gasteiger partial charge in [0.15, 0.2) is 0 Å². The maximum atomic E-state index is 11.9. The quantitative estimate of drug-likeness (QED) is 0.811. The molecule has 114 valence electrons. The lowest BCUT2D eigenvalue weighted by molar-refractivity contribution is -0.122. The standard InChI is InChI=1S/C17H23NO3/c1-2-17(10-5-11-17)12-18-15(19)9-8-13-6-3-4-7-14(13)16(20)21/h3-4,6-7H,2,5,8-12H2,1H3,(H,18,19)(H,20,21). The second kappa shape index (κ2) is 6.74. The summed E-state index contributed by atoms with van der Waals surface area (Å²) in [5.41, 5.74) is 1.32. The molecule has 2 rings (SSSR count). The van der Waals surface area contributed by atoms with Crippen LogP contribution in [0, 0.1) is 5.41 Å². The third-order valence-corrected chi connectivity index (χ3v) is 4.69. The van der Waals surface area contributed by atoms with Crippen molar-refractivity contribution in [2.24, 2.45) is 5.41 Å². The van der Waals surface area contributed by atoms with E-state index in [1.807, 2.05) is 0 Å². The molecular formula is C17H23NO3. The Labute approximate surface area is 125 Å². The largest absolute Gasteiger partial charge is 0.478 e. The zero-order valence-electron chi connectivity index (χ0n) is 12.5. The molecule has 1 fully saturated rings. The van der Waals surface area contributed by atoms with Crippen molar-refractivity contribution in [3.05, 3.63) is 35.4 Å². The van der Waals surface area contributed by atoms with Crippen molar-refractivity contribution in [2.45, 2.75) is 45.4 Å². The fraction of sp³-hybridized carbons (Fsp3) is 0.529. The molecule has 0 atom stereocenters. The van der Waals surface area contributed by atoms with Gasteiger partial charge in [0, 0.05) is 13.0 Å². The van der Waals surface area contributed by atoms with Crippen LogP contribution in [0.25, 0.3) is 0 Å². The first-order valence-electron chi connectivity index (χ1n) is 7.64. The number of benzene rings is 1. The average Bonchev–Trinajstić information content (AvgIpc) is 2.44. The van der Waals surface area contributed by atoms with Gasteiger partial charge in [-0.25, -0.2) is 4.79 Å². The summed E-state index contributed by atoms with van der Waals surface area (Å²) >= 11 is 0. The molecule has 0 unspecified atom stereocenters. The van der Waals surface area contributed by atoms with Crippen LogP contribution in [0.5, 0.6) is 0 Å². The van der Waals surface area contributed by atoms with Crippen LogP contribution < -0.4 is 5.32 Å². The maximum Gasteiger partial charge on any atom is 0.335 e. The molecule has 0 aliphatic heterocycles. The van der Waals surface area contributed by atoms with E-state index < -0.39 is 5.97 Å². The van der Waals surface area contributed by atoms with Crippen molar-refractivity contribution in [1.29, 1.82) is 0 Å². The number of carbonyl (C=O) groups is 2. The van der Waals surface area contributed by atoms with E-state index in [1.165, 1.54) is 19.3 Å². The van der Waals surface area contributed by atoms with Crippen molar-refractivity contribution in [3.8, 4) is 0 Å². The molecule has 0 spiro atoms. The molecule has 1 aliphatic carbocycles. The van der Waals surface area contributed by atoms with Crippen LogP contribution in [0.4, 0.5) is 0 Å². The van der Waals surface area contributed by atoms with Crippen LogP contribution >= 0.6 is 0 Å². The van der Waals surface area contributed by atoms with Gasteiger partial charge in [-0.2, -0.15) is 0 Å². The van der Waals surface area contributed by atoms with E-state index >= 15 is 0 Å². The van der Waals surface area contributed by atoms with Crippen molar-refractivity contribution >= 4 is 11.9 Å². The Balaban J connectivity index is 1.83. The van der Waals surface area contributed by atoms with E-state index in [1.54, 1.807) is 24.3 Å². The Morgan fingerprint density at radius 2 is 2.00 bits per heavy atom. The molecule has 0 radical (unpaired) electrons. The van der Waals surface area contributed by atoms with Gasteiger partial charge in [-0.3, -0.25) is 4.79 Å². The third-order valence-electron chi connectivity index (χ3n) is 4.69. The molecule has 21 heavy (non-hydrogen) atoms. The number of rotatable bonds is 7. The van der Waals surface area contributed by atoms with Crippen LogP contribution in [0.1, 0.15) is 54.9 Å². The summed E-state index contributed by atoms with van der Waals surface area (Å²) in [5.74, 6) is -0.930. The van der Waals surface area contributed by atoms with Crippen LogP contribution in [0.2, 0.25) is 0 Å². The highest BCUT2D eigenvalue weighted by molar-refractivity contribution is 5.89. The van der Waals surface area contributed by atoms with Gasteiger partial charge in [-0.1, -0.05) is 31.5 Å². The van der Waals surface area contributed by atoms with Gasteiger partial charge in [0.05, 0.1) is 5.56 Å². The Hall–Kier alpha value is -1.84. The second-order valence-corrected chi connectivity index (χ2v) is 5.95. The van der Waals surface area contributed by atoms with Crippen LogP contribution in [-0.2, 0) is 11.2 Å². The van der Waals surface area contributed by atoms with Crippen molar-refractivity contribution in [2.75, 3.05) is 6.54 Å². The lowest BCUT2D eigenvalue weighted by atomic mass is 9.67. The molecule has 0 heterocycles. The Morgan fingerprint density at radius 3 is 2.57 bits per heavy atom. The lowest BCUT2D eigenvalue weighted by Gasteiger charge is -2.41. The number of carboxylic acid groups (broad SMARTS) is 1. The number of carboxylic acids is 1. The summed E-state index contributed by atoms with van der Waals surface area (Å²) in [6.07, 6.45) is 5.57. The summed E-state index contributed by atoms with van der Waals surface area (Å²) in [5, 5.41) is 12.1. The summed E-state index contributed by atoms with van der Waals surface area (Å²) in [7, 11) is 0. The van der Waals surface area contributed by atoms with Gasteiger partial charge in [-0.05, 0) is 42.7 Å². The third kappa shape index (κ3) is 3.84. The van der Waals surface area contributed by atoms with E-state index in [-0.39, 0.29) is 11.5 Å². The van der Waals surface area contributed by atoms with Gasteiger partial charge in [0.25, 0.3) is 0 Å². The number of hydrogen-bond acceptors (Lipinski definition) is 2. The fourth-order valence-corrected chi connectivity index (χ4v) is 2.90. The lowest BCUT2D eigenvalue weighted by Crippen LogP contribution is -2.41. The zero-order chi connectivity index (χ0) is 15.3. The molecule has 4 nitrogen and oxygen atoms in total. The second-order valence-electron chi connectivity index (χ2n) is 5.95. The van der Waals surface area contributed by atoms with E-state index in [2.05, 4.69) is 12.2 Å². The molecule has 4 heteroatoms. The maximum absolute atomic E-state index is 11.9. The van der Waals surface area contributed by atoms with Gasteiger partial charge >= 0.3 is 5.97 Å². The van der Waals surface area contributed by atoms with Crippen molar-refractivity contribution in [3.63, 3.8) is 0 Å². The summed E-state index contributed by atoms with van der Waals surface area (Å²) < 4.78 is 0. The fourth-order valence-electron chi connectivity index (χ4n) is 2.90. The zero-order valence-corrected chi connectivity index (χ0v) is 12.5. The predicted molar refractivity (Wildman–Crippen MR) is 81.3 cm³/mol. The topological polar surface area (TPSA) is 66.4 Å². The molecule has 2 N–H and O–H groups in total. The Morgan fingerprint density at radius 1 is 1.29 bits per heavy atom. The monoisotopic (exact) mass is 289 g/mol. The molecule has 1 amide bonds. The highest BCUT2D eigenvalue weighted by atomic mass is 16.4. The van der Waals surface area contributed by atoms with E-state index in [0.29, 0.717) is 23.8 Å². The number of aromatic carboxylic acids is 1. The smallest absolute Gasteiger partial charge is 0.335 e. The summed E-state index contributed by atoms with van der Waals surface area (Å²) in [6.45, 7) is 2.93. The van der Waals surface area contributed by atoms with Gasteiger partial charge in [0.2, 0.25) is 5.91 Å². The molecule has 0 bridgehead atoms. The summed E-state index contributed by atoms with van der Waals surface area (Å²) in [6, 6.07) is 6.86. The first-order valence-corrected chi connectivity index (χ1v) is 7.64. The number of nitrogens with one attached hydrogen (secondary N) is 1. The van der Waals surface area contributed by atoms with Crippen LogP contribution in [0.15, 0.2) is 24.3 Å². The number of aryl methyl sites for hydroxylation is 1. The Kier molecular flexibility index (Phi) is 4.99. The molecular weight excluding hydrogens is 266 g/mol. The van der Waals surface area contributed by atoms with Crippen LogP contribution in [0.3, 0.4) is 0 Å². The normalized spacial score (nSPS) is 16.0. The average molecular weight is 289 g/mol. The predicted octanol–water partition coefficient (Wildman–Crippen LogP) is 3.01.